The summed E-state index contributed by atoms with van der Waals surface area (Å²) in [5.74, 6) is -5.43. The lowest BCUT2D eigenvalue weighted by molar-refractivity contribution is -0.219. The molecule has 0 radical (unpaired) electrons. The zero-order chi connectivity index (χ0) is 53.2. The summed E-state index contributed by atoms with van der Waals surface area (Å²) in [7, 11) is 1.81. The summed E-state index contributed by atoms with van der Waals surface area (Å²) in [6.45, 7) is 5.35. The first-order valence-corrected chi connectivity index (χ1v) is 24.8. The van der Waals surface area contributed by atoms with Crippen LogP contribution in [-0.4, -0.2) is 114 Å². The number of alkyl halides is 1. The molecule has 73 heavy (non-hydrogen) atoms. The predicted molar refractivity (Wildman–Crippen MR) is 265 cm³/mol. The molecule has 2 aromatic heterocycles. The van der Waals surface area contributed by atoms with Gasteiger partial charge in [-0.2, -0.15) is 9.97 Å². The number of aromatic nitrogens is 4. The molecule has 20 nitrogen and oxygen atoms in total. The van der Waals surface area contributed by atoms with Crippen LogP contribution < -0.4 is 32.7 Å². The largest absolute Gasteiger partial charge is 0.390 e. The minimum Gasteiger partial charge on any atom is -0.390 e. The van der Waals surface area contributed by atoms with Crippen molar-refractivity contribution in [1.82, 2.24) is 30.6 Å². The standard InChI is InChI=1S/C52H65FN10O10/c1-28-23-38-37-15-7-30-24-36(67)19-21-49(30,2)51(37,53)41(69)25-50(38,3)52(28,73)47(72)57-22-20-35(66)13-12-33(64)10-11-34(65)14-17-40(68)39(16-18-42(54)70)60-46(71)29-5-8-32(9-6-29)63(4)27-31-26-58-45-43(59-31)44(55)61-48(56)62-45/h5-6,8-9,19,21,24,26,28,37-39,41,69,73H,7,10-18,20,22-23,25,27H2,1-4H3,(H2,54,70)(H,57,72)(H,60,71)(H4,55,56,58,61,62)/t28-,37?,38?,39+,41+,49+,50+,51?,52?/m1/s1. The quantitative estimate of drug-likeness (QED) is 0.0760. The average molecular weight is 1010 g/mol. The maximum atomic E-state index is 17.5. The molecule has 390 valence electrons. The minimum atomic E-state index is -2.12. The summed E-state index contributed by atoms with van der Waals surface area (Å²) in [4.78, 5) is 121. The molecular weight excluding hydrogens is 944 g/mol. The number of ketones is 5. The average Bonchev–Trinajstić information content (AvgIpc) is 3.54. The molecule has 3 saturated carbocycles. The van der Waals surface area contributed by atoms with Gasteiger partial charge in [-0.25, -0.2) is 14.4 Å². The van der Waals surface area contributed by atoms with E-state index in [0.29, 0.717) is 42.6 Å². The molecule has 1 aromatic carbocycles. The summed E-state index contributed by atoms with van der Waals surface area (Å²) >= 11 is 0. The number of anilines is 3. The van der Waals surface area contributed by atoms with Gasteiger partial charge in [0.15, 0.2) is 39.8 Å². The molecule has 0 saturated heterocycles. The summed E-state index contributed by atoms with van der Waals surface area (Å²) < 4.78 is 17.5. The van der Waals surface area contributed by atoms with E-state index in [-0.39, 0.29) is 117 Å². The first-order valence-electron chi connectivity index (χ1n) is 24.8. The van der Waals surface area contributed by atoms with Gasteiger partial charge in [0.2, 0.25) is 11.9 Å². The Labute approximate surface area is 421 Å². The van der Waals surface area contributed by atoms with Gasteiger partial charge < -0.3 is 42.9 Å². The second-order valence-corrected chi connectivity index (χ2v) is 20.7. The second-order valence-electron chi connectivity index (χ2n) is 20.7. The van der Waals surface area contributed by atoms with E-state index in [2.05, 4.69) is 30.6 Å². The Morgan fingerprint density at radius 1 is 0.904 bits per heavy atom. The number of halogens is 1. The van der Waals surface area contributed by atoms with E-state index in [1.165, 1.54) is 18.3 Å². The van der Waals surface area contributed by atoms with Gasteiger partial charge in [0.1, 0.15) is 17.3 Å². The number of nitrogen functional groups attached to an aromatic ring is 2. The van der Waals surface area contributed by atoms with Crippen LogP contribution in [-0.2, 0) is 40.1 Å². The maximum absolute atomic E-state index is 17.5. The zero-order valence-corrected chi connectivity index (χ0v) is 41.6. The molecule has 10 N–H and O–H groups in total. The van der Waals surface area contributed by atoms with Crippen LogP contribution in [0.25, 0.3) is 11.2 Å². The Morgan fingerprint density at radius 3 is 2.21 bits per heavy atom. The van der Waals surface area contributed by atoms with E-state index in [9.17, 15) is 48.6 Å². The van der Waals surface area contributed by atoms with E-state index in [4.69, 9.17) is 17.2 Å². The third-order valence-electron chi connectivity index (χ3n) is 16.1. The van der Waals surface area contributed by atoms with Gasteiger partial charge in [-0.1, -0.05) is 25.5 Å². The van der Waals surface area contributed by atoms with E-state index in [1.54, 1.807) is 58.2 Å². The molecular formula is C52H65FN10O10. The first kappa shape index (κ1) is 53.9. The molecule has 9 atom stereocenters. The fourth-order valence-corrected chi connectivity index (χ4v) is 12.0. The van der Waals surface area contributed by atoms with Gasteiger partial charge >= 0.3 is 0 Å². The number of carbonyl (C=O) groups excluding carboxylic acids is 8. The zero-order valence-electron chi connectivity index (χ0n) is 41.6. The smallest absolute Gasteiger partial charge is 0.252 e. The highest BCUT2D eigenvalue weighted by atomic mass is 19.1. The molecule has 4 unspecified atom stereocenters. The van der Waals surface area contributed by atoms with Crippen LogP contribution in [0.2, 0.25) is 0 Å². The van der Waals surface area contributed by atoms with Crippen molar-refractivity contribution in [2.75, 3.05) is 30.0 Å². The lowest BCUT2D eigenvalue weighted by atomic mass is 9.44. The van der Waals surface area contributed by atoms with Gasteiger partial charge in [0.25, 0.3) is 11.8 Å². The van der Waals surface area contributed by atoms with E-state index in [1.807, 2.05) is 4.90 Å². The molecule has 0 bridgehead atoms. The highest BCUT2D eigenvalue weighted by Crippen LogP contribution is 2.70. The molecule has 4 aliphatic carbocycles. The summed E-state index contributed by atoms with van der Waals surface area (Å²) in [5, 5.41) is 29.1. The number of aliphatic hydroxyl groups is 2. The Balaban J connectivity index is 0.827. The number of nitrogens with one attached hydrogen (secondary N) is 2. The van der Waals surface area contributed by atoms with Crippen molar-refractivity contribution in [3.63, 3.8) is 0 Å². The summed E-state index contributed by atoms with van der Waals surface area (Å²) in [6.07, 6.45) is 3.74. The van der Waals surface area contributed by atoms with Crippen LogP contribution >= 0.6 is 0 Å². The minimum absolute atomic E-state index is 0.0161. The third kappa shape index (κ3) is 10.6. The van der Waals surface area contributed by atoms with E-state index >= 15 is 4.39 Å². The van der Waals surface area contributed by atoms with Crippen molar-refractivity contribution in [3.8, 4) is 0 Å². The number of nitrogens with two attached hydrogens (primary N) is 3. The lowest BCUT2D eigenvalue weighted by Crippen LogP contribution is -2.70. The molecule has 0 aliphatic heterocycles. The van der Waals surface area contributed by atoms with Crippen LogP contribution in [0.15, 0.2) is 54.3 Å². The number of Topliss-reactive ketones (excluding diaryl/α,β-unsaturated/α-hetero) is 4. The Kier molecular flexibility index (Phi) is 15.7. The van der Waals surface area contributed by atoms with E-state index in [0.717, 1.165) is 5.69 Å². The molecule has 0 spiro atoms. The molecule has 7 rings (SSSR count). The normalized spacial score (nSPS) is 27.4. The Bertz CT molecular complexity index is 2790. The number of hydrogen-bond acceptors (Lipinski definition) is 17. The highest BCUT2D eigenvalue weighted by molar-refractivity contribution is 6.01. The number of nitrogens with zero attached hydrogens (tertiary/aromatic N) is 5. The van der Waals surface area contributed by atoms with Gasteiger partial charge in [0.05, 0.1) is 30.6 Å². The van der Waals surface area contributed by atoms with Crippen LogP contribution in [0.3, 0.4) is 0 Å². The Hall–Kier alpha value is -6.87. The third-order valence-corrected chi connectivity index (χ3v) is 16.1. The maximum Gasteiger partial charge on any atom is 0.252 e. The number of amides is 3. The number of allylic oxidation sites excluding steroid dienone is 4. The van der Waals surface area contributed by atoms with Crippen molar-refractivity contribution >= 4 is 75.3 Å². The van der Waals surface area contributed by atoms with Gasteiger partial charge in [0, 0.05) is 93.0 Å². The topological polar surface area (TPSA) is 334 Å². The number of rotatable bonds is 22. The van der Waals surface area contributed by atoms with Crippen LogP contribution in [0.5, 0.6) is 0 Å². The number of hydrogen-bond donors (Lipinski definition) is 7. The molecule has 2 heterocycles. The fourth-order valence-electron chi connectivity index (χ4n) is 12.0. The first-order chi connectivity index (χ1) is 34.4. The van der Waals surface area contributed by atoms with Crippen molar-refractivity contribution < 1.29 is 53.0 Å². The van der Waals surface area contributed by atoms with Crippen molar-refractivity contribution in [1.29, 1.82) is 0 Å². The Morgan fingerprint density at radius 2 is 1.55 bits per heavy atom. The lowest BCUT2D eigenvalue weighted by Gasteiger charge is -2.62. The number of fused-ring (bicyclic) bond motifs is 6. The fraction of sp³-hybridized carbons (Fsp3) is 0.538. The molecule has 3 amide bonds. The summed E-state index contributed by atoms with van der Waals surface area (Å²) in [5.41, 5.74) is 13.2. The van der Waals surface area contributed by atoms with Crippen LogP contribution in [0.1, 0.15) is 120 Å². The van der Waals surface area contributed by atoms with Gasteiger partial charge in [-0.3, -0.25) is 38.4 Å². The molecule has 3 aromatic rings. The van der Waals surface area contributed by atoms with Crippen molar-refractivity contribution in [2.24, 2.45) is 34.3 Å². The highest BCUT2D eigenvalue weighted by Gasteiger charge is 2.75. The number of benzene rings is 1. The van der Waals surface area contributed by atoms with Gasteiger partial charge in [-0.15, -0.1) is 0 Å². The van der Waals surface area contributed by atoms with E-state index < -0.39 is 75.5 Å². The molecule has 3 fully saturated rings. The van der Waals surface area contributed by atoms with Crippen molar-refractivity contribution in [3.05, 3.63) is 65.5 Å². The summed E-state index contributed by atoms with van der Waals surface area (Å²) in [6, 6.07) is 5.40. The van der Waals surface area contributed by atoms with Crippen LogP contribution in [0.4, 0.5) is 21.8 Å². The molecule has 21 heteroatoms. The van der Waals surface area contributed by atoms with Gasteiger partial charge in [-0.05, 0) is 87.3 Å². The monoisotopic (exact) mass is 1010 g/mol. The predicted octanol–water partition coefficient (Wildman–Crippen LogP) is 3.06. The SMILES string of the molecule is C[C@@H]1CC2C3CCC4=CC(=O)C=C[C@]4(C)C3(F)[C@@H](O)C[C@]2(C)C1(O)C(=O)NCCC(=O)CCC(=O)CCC(=O)CCC(=O)[C@H](CCC(N)=O)NC(=O)c1ccc(N(C)Cc2cnc3nc(N)nc(N)c3n2)cc1. The van der Waals surface area contributed by atoms with Crippen LogP contribution in [0, 0.1) is 28.6 Å². The number of carbonyl (C=O) groups is 8. The van der Waals surface area contributed by atoms with Crippen molar-refractivity contribution in [2.45, 2.75) is 134 Å². The molecule has 4 aliphatic rings. The second kappa shape index (κ2) is 21.3. The number of aliphatic hydroxyl groups excluding tert-OH is 1. The number of primary amides is 1.